The van der Waals surface area contributed by atoms with E-state index in [0.29, 0.717) is 6.54 Å². The monoisotopic (exact) mass is 272 g/mol. The highest BCUT2D eigenvalue weighted by Gasteiger charge is 2.34. The second-order valence-corrected chi connectivity index (χ2v) is 4.78. The van der Waals surface area contributed by atoms with Crippen LogP contribution in [-0.4, -0.2) is 71.1 Å². The van der Waals surface area contributed by atoms with Crippen LogP contribution in [0.1, 0.15) is 20.8 Å². The van der Waals surface area contributed by atoms with Gasteiger partial charge in [-0.2, -0.15) is 0 Å². The van der Waals surface area contributed by atoms with Crippen LogP contribution in [0.2, 0.25) is 0 Å². The molecule has 1 N–H and O–H groups in total. The van der Waals surface area contributed by atoms with Gasteiger partial charge in [0.05, 0.1) is 6.10 Å². The molecule has 1 aliphatic heterocycles. The molecular weight excluding hydrogens is 252 g/mol. The summed E-state index contributed by atoms with van der Waals surface area (Å²) in [6, 6.07) is -0.642. The summed E-state index contributed by atoms with van der Waals surface area (Å²) in [6.45, 7) is 5.44. The van der Waals surface area contributed by atoms with Crippen molar-refractivity contribution in [2.45, 2.75) is 32.9 Å². The maximum Gasteiger partial charge on any atom is 0.323 e. The Labute approximate surface area is 112 Å². The fourth-order valence-corrected chi connectivity index (χ4v) is 1.91. The average Bonchev–Trinajstić information content (AvgIpc) is 2.31. The molecule has 0 aliphatic carbocycles. The van der Waals surface area contributed by atoms with Gasteiger partial charge in [0.1, 0.15) is 19.2 Å². The molecule has 1 atom stereocenters. The lowest BCUT2D eigenvalue weighted by molar-refractivity contribution is -0.156. The van der Waals surface area contributed by atoms with Crippen molar-refractivity contribution in [2.75, 3.05) is 26.2 Å². The van der Waals surface area contributed by atoms with Gasteiger partial charge < -0.3 is 19.6 Å². The van der Waals surface area contributed by atoms with E-state index >= 15 is 0 Å². The molecular formula is C12H20N2O5. The third-order valence-corrected chi connectivity index (χ3v) is 2.93. The first-order chi connectivity index (χ1) is 8.82. The molecule has 0 spiro atoms. The number of amides is 2. The van der Waals surface area contributed by atoms with Crippen molar-refractivity contribution in [2.24, 2.45) is 0 Å². The van der Waals surface area contributed by atoms with Gasteiger partial charge in [-0.3, -0.25) is 14.4 Å². The lowest BCUT2D eigenvalue weighted by atomic mass is 10.1. The Morgan fingerprint density at radius 1 is 1.42 bits per heavy atom. The quantitative estimate of drug-likeness (QED) is 0.733. The minimum absolute atomic E-state index is 0.0525. The van der Waals surface area contributed by atoms with Gasteiger partial charge >= 0.3 is 5.97 Å². The Bertz CT molecular complexity index is 369. The largest absolute Gasteiger partial charge is 0.480 e. The Morgan fingerprint density at radius 2 is 2.05 bits per heavy atom. The van der Waals surface area contributed by atoms with E-state index in [0.717, 1.165) is 0 Å². The normalized spacial score (nSPS) is 20.0. The number of carboxylic acid groups (broad SMARTS) is 1. The highest BCUT2D eigenvalue weighted by Crippen LogP contribution is 2.11. The van der Waals surface area contributed by atoms with Gasteiger partial charge in [-0.25, -0.2) is 0 Å². The molecule has 0 unspecified atom stereocenters. The molecule has 7 heteroatoms. The van der Waals surface area contributed by atoms with Crippen LogP contribution in [0.4, 0.5) is 0 Å². The highest BCUT2D eigenvalue weighted by molar-refractivity contribution is 5.90. The molecule has 2 amide bonds. The number of hydrogen-bond acceptors (Lipinski definition) is 4. The number of nitrogens with zero attached hydrogens (tertiary/aromatic N) is 2. The van der Waals surface area contributed by atoms with Crippen molar-refractivity contribution >= 4 is 17.8 Å². The maximum atomic E-state index is 11.9. The Balaban J connectivity index is 2.58. The Hall–Kier alpha value is -1.63. The summed E-state index contributed by atoms with van der Waals surface area (Å²) < 4.78 is 5.22. The van der Waals surface area contributed by atoms with Crippen LogP contribution >= 0.6 is 0 Å². The first-order valence-electron chi connectivity index (χ1n) is 6.24. The molecule has 0 radical (unpaired) electrons. The van der Waals surface area contributed by atoms with Crippen LogP contribution < -0.4 is 0 Å². The van der Waals surface area contributed by atoms with E-state index in [4.69, 9.17) is 9.84 Å². The predicted molar refractivity (Wildman–Crippen MR) is 66.5 cm³/mol. The van der Waals surface area contributed by atoms with Crippen LogP contribution in [0.15, 0.2) is 0 Å². The van der Waals surface area contributed by atoms with Crippen LogP contribution in [0.3, 0.4) is 0 Å². The summed E-state index contributed by atoms with van der Waals surface area (Å²) in [5, 5.41) is 8.70. The van der Waals surface area contributed by atoms with Crippen molar-refractivity contribution in [3.8, 4) is 0 Å². The van der Waals surface area contributed by atoms with Crippen LogP contribution in [0, 0.1) is 0 Å². The van der Waals surface area contributed by atoms with Crippen molar-refractivity contribution in [1.82, 2.24) is 9.80 Å². The van der Waals surface area contributed by atoms with E-state index in [9.17, 15) is 14.4 Å². The minimum Gasteiger partial charge on any atom is -0.480 e. The second-order valence-electron chi connectivity index (χ2n) is 4.78. The van der Waals surface area contributed by atoms with E-state index in [1.165, 1.54) is 9.80 Å². The summed E-state index contributed by atoms with van der Waals surface area (Å²) >= 11 is 0. The number of carboxylic acids is 1. The van der Waals surface area contributed by atoms with E-state index < -0.39 is 12.0 Å². The molecule has 1 rings (SSSR count). The van der Waals surface area contributed by atoms with Gasteiger partial charge in [0.25, 0.3) is 0 Å². The number of ether oxygens (including phenoxy) is 1. The van der Waals surface area contributed by atoms with Crippen molar-refractivity contribution < 1.29 is 24.2 Å². The number of rotatable bonds is 5. The lowest BCUT2D eigenvalue weighted by Gasteiger charge is -2.38. The molecule has 0 bridgehead atoms. The summed E-state index contributed by atoms with van der Waals surface area (Å²) in [7, 11) is 0. The Morgan fingerprint density at radius 3 is 2.58 bits per heavy atom. The van der Waals surface area contributed by atoms with Crippen LogP contribution in [-0.2, 0) is 19.1 Å². The Kier molecular flexibility index (Phi) is 5.29. The van der Waals surface area contributed by atoms with Gasteiger partial charge in [0, 0.05) is 13.1 Å². The number of piperazine rings is 1. The molecule has 0 aromatic heterocycles. The van der Waals surface area contributed by atoms with Gasteiger partial charge in [-0.1, -0.05) is 0 Å². The molecule has 7 nitrogen and oxygen atoms in total. The zero-order valence-electron chi connectivity index (χ0n) is 11.5. The summed E-state index contributed by atoms with van der Waals surface area (Å²) in [4.78, 5) is 37.1. The van der Waals surface area contributed by atoms with Gasteiger partial charge in [-0.15, -0.1) is 0 Å². The van der Waals surface area contributed by atoms with Crippen LogP contribution in [0.5, 0.6) is 0 Å². The maximum absolute atomic E-state index is 11.9. The van der Waals surface area contributed by atoms with Gasteiger partial charge in [0.15, 0.2) is 0 Å². The first-order valence-corrected chi connectivity index (χ1v) is 6.24. The van der Waals surface area contributed by atoms with E-state index in [2.05, 4.69) is 0 Å². The lowest BCUT2D eigenvalue weighted by Crippen LogP contribution is -2.59. The van der Waals surface area contributed by atoms with Gasteiger partial charge in [-0.05, 0) is 20.8 Å². The molecule has 1 fully saturated rings. The molecule has 1 heterocycles. The zero-order valence-corrected chi connectivity index (χ0v) is 11.5. The number of carbonyl (C=O) groups is 3. The molecule has 108 valence electrons. The smallest absolute Gasteiger partial charge is 0.323 e. The SMILES string of the molecule is CC(C)OCC(=O)N1CCN(CC(=O)O)C(=O)[C@H]1C. The highest BCUT2D eigenvalue weighted by atomic mass is 16.5. The fraction of sp³-hybridized carbons (Fsp3) is 0.750. The van der Waals surface area contributed by atoms with Crippen molar-refractivity contribution in [3.63, 3.8) is 0 Å². The second kappa shape index (κ2) is 6.51. The molecule has 0 saturated carbocycles. The van der Waals surface area contributed by atoms with E-state index in [-0.39, 0.29) is 37.6 Å². The van der Waals surface area contributed by atoms with E-state index in [1.807, 2.05) is 13.8 Å². The summed E-state index contributed by atoms with van der Waals surface area (Å²) in [6.07, 6.45) is -0.0525. The summed E-state index contributed by atoms with van der Waals surface area (Å²) in [5.74, 6) is -1.64. The topological polar surface area (TPSA) is 87.2 Å². The van der Waals surface area contributed by atoms with Crippen molar-refractivity contribution in [3.05, 3.63) is 0 Å². The number of hydrogen-bond donors (Lipinski definition) is 1. The molecule has 0 aromatic rings. The summed E-state index contributed by atoms with van der Waals surface area (Å²) in [5.41, 5.74) is 0. The van der Waals surface area contributed by atoms with Crippen LogP contribution in [0.25, 0.3) is 0 Å². The molecule has 1 aliphatic rings. The molecule has 1 saturated heterocycles. The predicted octanol–water partition coefficient (Wildman–Crippen LogP) is -0.445. The average molecular weight is 272 g/mol. The molecule has 0 aromatic carbocycles. The first kappa shape index (κ1) is 15.4. The third-order valence-electron chi connectivity index (χ3n) is 2.93. The number of carbonyl (C=O) groups excluding carboxylic acids is 2. The van der Waals surface area contributed by atoms with Gasteiger partial charge in [0.2, 0.25) is 11.8 Å². The molecule has 19 heavy (non-hydrogen) atoms. The minimum atomic E-state index is -1.05. The zero-order chi connectivity index (χ0) is 14.6. The fourth-order valence-electron chi connectivity index (χ4n) is 1.91. The van der Waals surface area contributed by atoms with Crippen molar-refractivity contribution in [1.29, 1.82) is 0 Å². The standard InChI is InChI=1S/C12H20N2O5/c1-8(2)19-7-10(15)14-5-4-13(6-11(16)17)12(18)9(14)3/h8-9H,4-7H2,1-3H3,(H,16,17)/t9-/m1/s1. The van der Waals surface area contributed by atoms with E-state index in [1.54, 1.807) is 6.92 Å². The number of aliphatic carboxylic acids is 1. The third kappa shape index (κ3) is 4.20.